The van der Waals surface area contributed by atoms with Gasteiger partial charge in [-0.3, -0.25) is 15.1 Å². The van der Waals surface area contributed by atoms with Crippen molar-refractivity contribution >= 4 is 41.3 Å². The minimum Gasteiger partial charge on any atom is -0.493 e. The molecule has 2 aromatic carbocycles. The summed E-state index contributed by atoms with van der Waals surface area (Å²) in [5, 5.41) is 20.4. The van der Waals surface area contributed by atoms with Crippen LogP contribution in [0.1, 0.15) is 12.5 Å². The molecule has 2 rings (SSSR count). The fourth-order valence-electron chi connectivity index (χ4n) is 2.76. The minimum atomic E-state index is -0.410. The van der Waals surface area contributed by atoms with E-state index in [9.17, 15) is 10.1 Å². The van der Waals surface area contributed by atoms with Crippen LogP contribution in [-0.2, 0) is 6.42 Å². The lowest BCUT2D eigenvalue weighted by atomic mass is 10.1. The summed E-state index contributed by atoms with van der Waals surface area (Å²) in [6.07, 6.45) is 0.776. The van der Waals surface area contributed by atoms with E-state index in [1.54, 1.807) is 26.4 Å². The summed E-state index contributed by atoms with van der Waals surface area (Å²) >= 11 is 0. The van der Waals surface area contributed by atoms with Crippen molar-refractivity contribution in [1.29, 1.82) is 0 Å². The van der Waals surface area contributed by atoms with Gasteiger partial charge in [0.25, 0.3) is 5.69 Å². The molecule has 0 amide bonds. The van der Waals surface area contributed by atoms with Crippen LogP contribution in [0.4, 0.5) is 11.4 Å². The highest BCUT2D eigenvalue weighted by atomic mass is 127. The van der Waals surface area contributed by atoms with Crippen molar-refractivity contribution in [2.45, 2.75) is 13.3 Å². The molecule has 0 atom stereocenters. The van der Waals surface area contributed by atoms with Crippen LogP contribution >= 0.6 is 24.0 Å². The molecule has 0 aliphatic rings. The molecule has 0 fully saturated rings. The third-order valence-corrected chi connectivity index (χ3v) is 4.29. The molecular weight excluding hydrogens is 513 g/mol. The summed E-state index contributed by atoms with van der Waals surface area (Å²) in [4.78, 5) is 14.9. The maximum Gasteiger partial charge on any atom is 0.269 e. The number of rotatable bonds is 11. The molecule has 0 spiro atoms. The zero-order chi connectivity index (χ0) is 21.8. The van der Waals surface area contributed by atoms with Crippen LogP contribution in [0.2, 0.25) is 0 Å². The molecule has 9 nitrogen and oxygen atoms in total. The molecule has 0 aliphatic carbocycles. The van der Waals surface area contributed by atoms with E-state index in [0.717, 1.165) is 30.2 Å². The van der Waals surface area contributed by atoms with Gasteiger partial charge in [-0.25, -0.2) is 0 Å². The van der Waals surface area contributed by atoms with E-state index in [1.807, 2.05) is 25.1 Å². The molecule has 0 aromatic heterocycles. The van der Waals surface area contributed by atoms with Crippen LogP contribution in [-0.4, -0.2) is 51.3 Å². The number of aliphatic imine (C=N–C) groups is 1. The van der Waals surface area contributed by atoms with Crippen molar-refractivity contribution in [3.05, 3.63) is 58.1 Å². The zero-order valence-corrected chi connectivity index (χ0v) is 20.3. The second-order valence-electron chi connectivity index (χ2n) is 6.36. The third-order valence-electron chi connectivity index (χ3n) is 4.29. The van der Waals surface area contributed by atoms with Crippen LogP contribution < -0.4 is 25.4 Å². The number of halogens is 1. The fourth-order valence-corrected chi connectivity index (χ4v) is 2.76. The number of guanidine groups is 1. The van der Waals surface area contributed by atoms with Crippen molar-refractivity contribution < 1.29 is 14.4 Å². The molecule has 170 valence electrons. The summed E-state index contributed by atoms with van der Waals surface area (Å²) in [6, 6.07) is 12.2. The Morgan fingerprint density at radius 3 is 2.35 bits per heavy atom. The van der Waals surface area contributed by atoms with Crippen LogP contribution in [0.25, 0.3) is 0 Å². The highest BCUT2D eigenvalue weighted by Crippen LogP contribution is 2.27. The van der Waals surface area contributed by atoms with Gasteiger partial charge in [-0.05, 0) is 43.2 Å². The lowest BCUT2D eigenvalue weighted by Gasteiger charge is -2.13. The number of ether oxygens (including phenoxy) is 2. The molecule has 31 heavy (non-hydrogen) atoms. The van der Waals surface area contributed by atoms with E-state index in [-0.39, 0.29) is 29.7 Å². The monoisotopic (exact) mass is 543 g/mol. The molecule has 0 bridgehead atoms. The molecule has 10 heteroatoms. The molecule has 2 aromatic rings. The number of anilines is 1. The van der Waals surface area contributed by atoms with Gasteiger partial charge in [0.05, 0.1) is 19.1 Å². The number of nitro groups is 1. The van der Waals surface area contributed by atoms with Gasteiger partial charge < -0.3 is 25.4 Å². The minimum absolute atomic E-state index is 0. The molecule has 0 unspecified atom stereocenters. The van der Waals surface area contributed by atoms with Crippen molar-refractivity contribution in [3.63, 3.8) is 0 Å². The molecule has 0 heterocycles. The van der Waals surface area contributed by atoms with Crippen LogP contribution in [0.15, 0.2) is 47.5 Å². The van der Waals surface area contributed by atoms with Crippen molar-refractivity contribution in [2.24, 2.45) is 4.99 Å². The number of hydrogen-bond donors (Lipinski definition) is 3. The number of benzene rings is 2. The maximum atomic E-state index is 10.7. The molecule has 3 N–H and O–H groups in total. The first-order valence-electron chi connectivity index (χ1n) is 9.78. The summed E-state index contributed by atoms with van der Waals surface area (Å²) in [6.45, 7) is 4.70. The SMILES string of the molecule is CCNC(=NCCc1ccc(OC)c(OC)c1)NCCNc1ccc([N+](=O)[O-])cc1.I. The van der Waals surface area contributed by atoms with Gasteiger partial charge in [0, 0.05) is 44.0 Å². The first-order valence-corrected chi connectivity index (χ1v) is 9.78. The van der Waals surface area contributed by atoms with E-state index < -0.39 is 4.92 Å². The fraction of sp³-hybridized carbons (Fsp3) is 0.381. The van der Waals surface area contributed by atoms with E-state index in [1.165, 1.54) is 12.1 Å². The molecule has 0 saturated carbocycles. The van der Waals surface area contributed by atoms with Gasteiger partial charge in [0.15, 0.2) is 17.5 Å². The molecule has 0 radical (unpaired) electrons. The highest BCUT2D eigenvalue weighted by Gasteiger charge is 2.05. The number of nitrogens with zero attached hydrogens (tertiary/aromatic N) is 2. The van der Waals surface area contributed by atoms with Crippen molar-refractivity contribution in [3.8, 4) is 11.5 Å². The van der Waals surface area contributed by atoms with Crippen molar-refractivity contribution in [2.75, 3.05) is 45.7 Å². The number of nitrogens with one attached hydrogen (secondary N) is 3. The van der Waals surface area contributed by atoms with Crippen molar-refractivity contribution in [1.82, 2.24) is 10.6 Å². The Morgan fingerprint density at radius 2 is 1.74 bits per heavy atom. The Balaban J connectivity index is 0.00000480. The summed E-state index contributed by atoms with van der Waals surface area (Å²) < 4.78 is 10.6. The van der Waals surface area contributed by atoms with E-state index in [2.05, 4.69) is 20.9 Å². The largest absolute Gasteiger partial charge is 0.493 e. The van der Waals surface area contributed by atoms with E-state index >= 15 is 0 Å². The third kappa shape index (κ3) is 8.87. The van der Waals surface area contributed by atoms with Gasteiger partial charge in [-0.1, -0.05) is 6.07 Å². The summed E-state index contributed by atoms with van der Waals surface area (Å²) in [5.41, 5.74) is 2.03. The normalized spacial score (nSPS) is 10.6. The Morgan fingerprint density at radius 1 is 1.03 bits per heavy atom. The Kier molecular flexibility index (Phi) is 12.1. The lowest BCUT2D eigenvalue weighted by Crippen LogP contribution is -2.39. The van der Waals surface area contributed by atoms with Gasteiger partial charge in [-0.15, -0.1) is 24.0 Å². The summed E-state index contributed by atoms with van der Waals surface area (Å²) in [5.74, 6) is 2.16. The highest BCUT2D eigenvalue weighted by molar-refractivity contribution is 14.0. The van der Waals surface area contributed by atoms with Crippen LogP contribution in [0, 0.1) is 10.1 Å². The standard InChI is InChI=1S/C21H29N5O4.HI/c1-4-22-21(24-12-11-16-5-10-19(29-2)20(15-16)30-3)25-14-13-23-17-6-8-18(9-7-17)26(27)28;/h5-10,15,23H,4,11-14H2,1-3H3,(H2,22,24,25);1H. The smallest absolute Gasteiger partial charge is 0.269 e. The second-order valence-corrected chi connectivity index (χ2v) is 6.36. The molecular formula is C21H30IN5O4. The summed E-state index contributed by atoms with van der Waals surface area (Å²) in [7, 11) is 3.24. The predicted octanol–water partition coefficient (Wildman–Crippen LogP) is 3.44. The van der Waals surface area contributed by atoms with Crippen LogP contribution in [0.5, 0.6) is 11.5 Å². The average Bonchev–Trinajstić information content (AvgIpc) is 2.76. The quantitative estimate of drug-likeness (QED) is 0.0995. The Bertz CT molecular complexity index is 846. The second kappa shape index (κ2) is 14.3. The lowest BCUT2D eigenvalue weighted by molar-refractivity contribution is -0.384. The number of nitro benzene ring substituents is 1. The van der Waals surface area contributed by atoms with Gasteiger partial charge >= 0.3 is 0 Å². The van der Waals surface area contributed by atoms with E-state index in [4.69, 9.17) is 9.47 Å². The topological polar surface area (TPSA) is 110 Å². The molecule has 0 aliphatic heterocycles. The average molecular weight is 543 g/mol. The number of hydrogen-bond acceptors (Lipinski definition) is 6. The predicted molar refractivity (Wildman–Crippen MR) is 134 cm³/mol. The number of methoxy groups -OCH3 is 2. The Labute approximate surface area is 199 Å². The van der Waals surface area contributed by atoms with Crippen LogP contribution in [0.3, 0.4) is 0 Å². The van der Waals surface area contributed by atoms with Gasteiger partial charge in [0.1, 0.15) is 0 Å². The van der Waals surface area contributed by atoms with E-state index in [0.29, 0.717) is 31.1 Å². The van der Waals surface area contributed by atoms with Gasteiger partial charge in [0.2, 0.25) is 0 Å². The molecule has 0 saturated heterocycles. The van der Waals surface area contributed by atoms with Gasteiger partial charge in [-0.2, -0.15) is 0 Å². The Hall–Kier alpha value is -2.76. The zero-order valence-electron chi connectivity index (χ0n) is 18.0. The maximum absolute atomic E-state index is 10.7. The first-order chi connectivity index (χ1) is 14.6. The number of non-ortho nitro benzene ring substituents is 1. The first kappa shape index (κ1) is 26.3.